The quantitative estimate of drug-likeness (QED) is 0.442. The summed E-state index contributed by atoms with van der Waals surface area (Å²) in [4.78, 5) is 10.7. The van der Waals surface area contributed by atoms with Crippen molar-refractivity contribution in [3.8, 4) is 0 Å². The molecule has 9 heavy (non-hydrogen) atoms. The molecule has 0 aliphatic carbocycles. The van der Waals surface area contributed by atoms with E-state index >= 15 is 0 Å². The van der Waals surface area contributed by atoms with Crippen LogP contribution in [0.25, 0.3) is 0 Å². The summed E-state index contributed by atoms with van der Waals surface area (Å²) < 4.78 is 4.52. The lowest BCUT2D eigenvalue weighted by Gasteiger charge is -2.05. The summed E-state index contributed by atoms with van der Waals surface area (Å²) in [6, 6.07) is 0. The highest BCUT2D eigenvalue weighted by Gasteiger charge is 2.10. The van der Waals surface area contributed by atoms with E-state index in [-0.39, 0.29) is 11.9 Å². The van der Waals surface area contributed by atoms with E-state index in [9.17, 15) is 4.79 Å². The third-order valence-electron chi connectivity index (χ3n) is 1.20. The van der Waals surface area contributed by atoms with Gasteiger partial charge in [-0.15, -0.1) is 9.24 Å². The van der Waals surface area contributed by atoms with Gasteiger partial charge in [0.05, 0.1) is 13.0 Å². The average Bonchev–Trinajstić information content (AvgIpc) is 1.87. The lowest BCUT2D eigenvalue weighted by molar-refractivity contribution is -0.144. The number of methoxy groups -OCH3 is 1. The van der Waals surface area contributed by atoms with Crippen molar-refractivity contribution < 1.29 is 9.53 Å². The predicted molar refractivity (Wildman–Crippen MR) is 40.4 cm³/mol. The Kier molecular flexibility index (Phi) is 4.70. The second kappa shape index (κ2) is 4.75. The first-order valence-corrected chi connectivity index (χ1v) is 3.82. The van der Waals surface area contributed by atoms with E-state index < -0.39 is 0 Å². The molecule has 0 aromatic heterocycles. The van der Waals surface area contributed by atoms with Crippen LogP contribution in [0.5, 0.6) is 0 Å². The molecule has 0 aliphatic rings. The first-order chi connectivity index (χ1) is 4.22. The van der Waals surface area contributed by atoms with Crippen LogP contribution in [0.4, 0.5) is 0 Å². The minimum absolute atomic E-state index is 0.0486. The Bertz CT molecular complexity index is 93.1. The van der Waals surface area contributed by atoms with Gasteiger partial charge >= 0.3 is 5.97 Å². The van der Waals surface area contributed by atoms with Crippen LogP contribution in [-0.4, -0.2) is 19.2 Å². The zero-order valence-corrected chi connectivity index (χ0v) is 7.04. The van der Waals surface area contributed by atoms with E-state index in [2.05, 4.69) is 14.0 Å². The van der Waals surface area contributed by atoms with Crippen LogP contribution in [0.2, 0.25) is 0 Å². The van der Waals surface area contributed by atoms with Crippen molar-refractivity contribution in [2.45, 2.75) is 13.3 Å². The number of carbonyl (C=O) groups excluding carboxylic acids is 1. The van der Waals surface area contributed by atoms with Crippen LogP contribution in [0.15, 0.2) is 0 Å². The maximum Gasteiger partial charge on any atom is 0.308 e. The summed E-state index contributed by atoms with van der Waals surface area (Å²) in [7, 11) is 4.00. The molecule has 54 valence electrons. The van der Waals surface area contributed by atoms with Crippen LogP contribution in [0.3, 0.4) is 0 Å². The SMILES string of the molecule is COC(=O)C(C)CCP. The van der Waals surface area contributed by atoms with Crippen molar-refractivity contribution in [2.24, 2.45) is 5.92 Å². The average molecular weight is 148 g/mol. The van der Waals surface area contributed by atoms with E-state index in [0.29, 0.717) is 0 Å². The molecule has 3 heteroatoms. The van der Waals surface area contributed by atoms with Gasteiger partial charge in [-0.05, 0) is 12.6 Å². The maximum absolute atomic E-state index is 10.7. The third kappa shape index (κ3) is 3.47. The number of esters is 1. The summed E-state index contributed by atoms with van der Waals surface area (Å²) >= 11 is 0. The fourth-order valence-corrected chi connectivity index (χ4v) is 1.07. The van der Waals surface area contributed by atoms with Crippen molar-refractivity contribution in [1.82, 2.24) is 0 Å². The number of hydrogen-bond acceptors (Lipinski definition) is 2. The zero-order chi connectivity index (χ0) is 7.28. The Hall–Kier alpha value is -0.100. The molecule has 0 saturated carbocycles. The highest BCUT2D eigenvalue weighted by atomic mass is 31.0. The van der Waals surface area contributed by atoms with Gasteiger partial charge in [0, 0.05) is 0 Å². The molecule has 2 atom stereocenters. The second-order valence-electron chi connectivity index (χ2n) is 2.00. The van der Waals surface area contributed by atoms with Crippen LogP contribution >= 0.6 is 9.24 Å². The lowest BCUT2D eigenvalue weighted by atomic mass is 10.1. The summed E-state index contributed by atoms with van der Waals surface area (Å²) in [5.41, 5.74) is 0. The van der Waals surface area contributed by atoms with Gasteiger partial charge in [-0.2, -0.15) is 0 Å². The monoisotopic (exact) mass is 148 g/mol. The van der Waals surface area contributed by atoms with Gasteiger partial charge in [0.25, 0.3) is 0 Å². The van der Waals surface area contributed by atoms with Gasteiger partial charge in [0.15, 0.2) is 0 Å². The number of hydrogen-bond donors (Lipinski definition) is 0. The maximum atomic E-state index is 10.7. The van der Waals surface area contributed by atoms with E-state index in [0.717, 1.165) is 12.6 Å². The Morgan fingerprint density at radius 3 is 2.67 bits per heavy atom. The van der Waals surface area contributed by atoms with Crippen molar-refractivity contribution >= 4 is 15.2 Å². The number of carbonyl (C=O) groups is 1. The van der Waals surface area contributed by atoms with Gasteiger partial charge in [-0.25, -0.2) is 0 Å². The molecule has 0 heterocycles. The van der Waals surface area contributed by atoms with Gasteiger partial charge in [0.2, 0.25) is 0 Å². The van der Waals surface area contributed by atoms with E-state index in [1.165, 1.54) is 7.11 Å². The number of ether oxygens (including phenoxy) is 1. The largest absolute Gasteiger partial charge is 0.469 e. The minimum atomic E-state index is -0.113. The minimum Gasteiger partial charge on any atom is -0.469 e. The molecular weight excluding hydrogens is 135 g/mol. The summed E-state index contributed by atoms with van der Waals surface area (Å²) in [5, 5.41) is 0. The molecule has 0 rings (SSSR count). The van der Waals surface area contributed by atoms with Crippen LogP contribution in [0, 0.1) is 5.92 Å². The standard InChI is InChI=1S/C6H13O2P/c1-5(3-4-9)6(7)8-2/h5H,3-4,9H2,1-2H3. The molecule has 0 spiro atoms. The topological polar surface area (TPSA) is 26.3 Å². The Labute approximate surface area is 58.2 Å². The Morgan fingerprint density at radius 1 is 1.78 bits per heavy atom. The Morgan fingerprint density at radius 2 is 2.33 bits per heavy atom. The Balaban J connectivity index is 3.45. The second-order valence-corrected chi connectivity index (χ2v) is 2.58. The fourth-order valence-electron chi connectivity index (χ4n) is 0.569. The van der Waals surface area contributed by atoms with Gasteiger partial charge < -0.3 is 4.74 Å². The van der Waals surface area contributed by atoms with Gasteiger partial charge in [-0.3, -0.25) is 4.79 Å². The molecule has 0 N–H and O–H groups in total. The molecule has 0 radical (unpaired) electrons. The molecule has 2 unspecified atom stereocenters. The van der Waals surface area contributed by atoms with Crippen LogP contribution < -0.4 is 0 Å². The summed E-state index contributed by atoms with van der Waals surface area (Å²) in [6.45, 7) is 1.87. The van der Waals surface area contributed by atoms with Crippen molar-refractivity contribution in [3.63, 3.8) is 0 Å². The molecule has 2 nitrogen and oxygen atoms in total. The van der Waals surface area contributed by atoms with Crippen molar-refractivity contribution in [2.75, 3.05) is 13.3 Å². The molecule has 0 bridgehead atoms. The predicted octanol–water partition coefficient (Wildman–Crippen LogP) is 1.06. The molecular formula is C6H13O2P. The van der Waals surface area contributed by atoms with E-state index in [1.54, 1.807) is 0 Å². The first kappa shape index (κ1) is 8.90. The summed E-state index contributed by atoms with van der Waals surface area (Å²) in [5.74, 6) is -0.0649. The highest BCUT2D eigenvalue weighted by molar-refractivity contribution is 7.16. The third-order valence-corrected chi connectivity index (χ3v) is 1.54. The number of rotatable bonds is 3. The van der Waals surface area contributed by atoms with Crippen LogP contribution in [0.1, 0.15) is 13.3 Å². The van der Waals surface area contributed by atoms with Crippen molar-refractivity contribution in [3.05, 3.63) is 0 Å². The van der Waals surface area contributed by atoms with E-state index in [4.69, 9.17) is 0 Å². The van der Waals surface area contributed by atoms with Gasteiger partial charge in [0.1, 0.15) is 0 Å². The molecule has 0 aromatic rings. The molecule has 0 amide bonds. The van der Waals surface area contributed by atoms with Crippen molar-refractivity contribution in [1.29, 1.82) is 0 Å². The van der Waals surface area contributed by atoms with E-state index in [1.807, 2.05) is 6.92 Å². The zero-order valence-electron chi connectivity index (χ0n) is 5.89. The molecule has 0 aromatic carbocycles. The van der Waals surface area contributed by atoms with Gasteiger partial charge in [-0.1, -0.05) is 6.92 Å². The fraction of sp³-hybridized carbons (Fsp3) is 0.833. The first-order valence-electron chi connectivity index (χ1n) is 3.00. The highest BCUT2D eigenvalue weighted by Crippen LogP contribution is 2.05. The molecule has 0 aliphatic heterocycles. The summed E-state index contributed by atoms with van der Waals surface area (Å²) in [6.07, 6.45) is 1.84. The molecule has 0 saturated heterocycles. The molecule has 0 fully saturated rings. The lowest BCUT2D eigenvalue weighted by Crippen LogP contribution is -2.12. The normalized spacial score (nSPS) is 12.8. The smallest absolute Gasteiger partial charge is 0.308 e. The van der Waals surface area contributed by atoms with Crippen LogP contribution in [-0.2, 0) is 9.53 Å².